The number of aliphatic hydroxyl groups is 1. The zero-order valence-corrected chi connectivity index (χ0v) is 15.9. The first-order chi connectivity index (χ1) is 12.8. The van der Waals surface area contributed by atoms with E-state index >= 15 is 0 Å². The second kappa shape index (κ2) is 6.74. The van der Waals surface area contributed by atoms with Gasteiger partial charge < -0.3 is 5.11 Å². The fourth-order valence-corrected chi connectivity index (χ4v) is 3.73. The molecular formula is C18H11BrF3N3OS. The second-order valence-corrected chi connectivity index (χ2v) is 7.68. The molecule has 3 heterocycles. The average molecular weight is 454 g/mol. The molecule has 0 fully saturated rings. The molecule has 0 radical (unpaired) electrons. The van der Waals surface area contributed by atoms with Crippen LogP contribution in [0.1, 0.15) is 22.2 Å². The molecule has 1 atom stereocenters. The van der Waals surface area contributed by atoms with E-state index in [9.17, 15) is 18.3 Å². The fourth-order valence-electron chi connectivity index (χ4n) is 2.74. The molecule has 1 N–H and O–H groups in total. The van der Waals surface area contributed by atoms with E-state index in [0.717, 1.165) is 15.1 Å². The molecule has 1 aromatic carbocycles. The van der Waals surface area contributed by atoms with E-state index in [1.54, 1.807) is 41.8 Å². The standard InChI is InChI=1S/C18H11BrF3N3OS/c19-11-5-3-10(4-6-11)13-8-15(18(20,21)22)25-17(24-13)12(9-23-25)16(26)14-2-1-7-27-14/h1-9,16,26H. The van der Waals surface area contributed by atoms with Crippen molar-refractivity contribution >= 4 is 32.9 Å². The number of aliphatic hydroxyl groups excluding tert-OH is 1. The van der Waals surface area contributed by atoms with E-state index < -0.39 is 18.0 Å². The van der Waals surface area contributed by atoms with Gasteiger partial charge in [0, 0.05) is 14.9 Å². The van der Waals surface area contributed by atoms with Crippen molar-refractivity contribution in [3.63, 3.8) is 0 Å². The summed E-state index contributed by atoms with van der Waals surface area (Å²) in [6, 6.07) is 11.2. The van der Waals surface area contributed by atoms with Crippen LogP contribution in [-0.4, -0.2) is 19.7 Å². The van der Waals surface area contributed by atoms with Crippen molar-refractivity contribution in [2.75, 3.05) is 0 Å². The number of thiophene rings is 1. The normalized spacial score (nSPS) is 13.2. The quantitative estimate of drug-likeness (QED) is 0.456. The maximum atomic E-state index is 13.6. The van der Waals surface area contributed by atoms with Crippen LogP contribution in [0.15, 0.2) is 58.5 Å². The molecule has 4 aromatic rings. The van der Waals surface area contributed by atoms with Gasteiger partial charge in [-0.05, 0) is 29.6 Å². The Hall–Kier alpha value is -2.23. The highest BCUT2D eigenvalue weighted by molar-refractivity contribution is 9.10. The monoisotopic (exact) mass is 453 g/mol. The minimum Gasteiger partial charge on any atom is -0.383 e. The van der Waals surface area contributed by atoms with Crippen molar-refractivity contribution in [2.24, 2.45) is 0 Å². The zero-order valence-electron chi connectivity index (χ0n) is 13.5. The lowest BCUT2D eigenvalue weighted by Gasteiger charge is -2.13. The summed E-state index contributed by atoms with van der Waals surface area (Å²) in [4.78, 5) is 4.98. The molecule has 0 amide bonds. The van der Waals surface area contributed by atoms with Gasteiger partial charge in [0.05, 0.1) is 17.5 Å². The van der Waals surface area contributed by atoms with Gasteiger partial charge in [-0.2, -0.15) is 18.3 Å². The van der Waals surface area contributed by atoms with E-state index in [1.165, 1.54) is 17.5 Å². The number of benzene rings is 1. The predicted molar refractivity (Wildman–Crippen MR) is 99.5 cm³/mol. The van der Waals surface area contributed by atoms with Gasteiger partial charge in [0.15, 0.2) is 11.3 Å². The fraction of sp³-hybridized carbons (Fsp3) is 0.111. The summed E-state index contributed by atoms with van der Waals surface area (Å²) in [5, 5.41) is 16.2. The molecule has 4 rings (SSSR count). The van der Waals surface area contributed by atoms with Crippen molar-refractivity contribution < 1.29 is 18.3 Å². The number of hydrogen-bond donors (Lipinski definition) is 1. The van der Waals surface area contributed by atoms with E-state index in [-0.39, 0.29) is 16.9 Å². The summed E-state index contributed by atoms with van der Waals surface area (Å²) in [7, 11) is 0. The van der Waals surface area contributed by atoms with E-state index in [2.05, 4.69) is 26.0 Å². The molecule has 27 heavy (non-hydrogen) atoms. The predicted octanol–water partition coefficient (Wildman–Crippen LogP) is 5.32. The lowest BCUT2D eigenvalue weighted by atomic mass is 10.1. The largest absolute Gasteiger partial charge is 0.433 e. The Kier molecular flexibility index (Phi) is 4.53. The first-order valence-electron chi connectivity index (χ1n) is 7.78. The van der Waals surface area contributed by atoms with Gasteiger partial charge in [0.1, 0.15) is 6.10 Å². The highest BCUT2D eigenvalue weighted by atomic mass is 79.9. The van der Waals surface area contributed by atoms with Gasteiger partial charge in [0.25, 0.3) is 0 Å². The highest BCUT2D eigenvalue weighted by Crippen LogP contribution is 2.35. The topological polar surface area (TPSA) is 50.4 Å². The van der Waals surface area contributed by atoms with Crippen LogP contribution in [0.5, 0.6) is 0 Å². The van der Waals surface area contributed by atoms with Gasteiger partial charge in [-0.3, -0.25) is 0 Å². The molecule has 0 saturated heterocycles. The minimum atomic E-state index is -4.62. The second-order valence-electron chi connectivity index (χ2n) is 5.78. The Balaban J connectivity index is 1.95. The number of aromatic nitrogens is 3. The molecule has 0 saturated carbocycles. The first kappa shape index (κ1) is 18.1. The molecule has 0 aliphatic rings. The van der Waals surface area contributed by atoms with Crippen LogP contribution >= 0.6 is 27.3 Å². The Labute approximate surface area is 164 Å². The van der Waals surface area contributed by atoms with Crippen LogP contribution in [0.2, 0.25) is 0 Å². The number of halogens is 4. The lowest BCUT2D eigenvalue weighted by Crippen LogP contribution is -2.14. The lowest BCUT2D eigenvalue weighted by molar-refractivity contribution is -0.142. The number of hydrogen-bond acceptors (Lipinski definition) is 4. The maximum Gasteiger partial charge on any atom is 0.433 e. The summed E-state index contributed by atoms with van der Waals surface area (Å²) in [6.45, 7) is 0. The molecule has 0 spiro atoms. The Morgan fingerprint density at radius 1 is 1.15 bits per heavy atom. The van der Waals surface area contributed by atoms with Crippen LogP contribution in [0.25, 0.3) is 16.9 Å². The van der Waals surface area contributed by atoms with Crippen molar-refractivity contribution in [1.29, 1.82) is 0 Å². The maximum absolute atomic E-state index is 13.6. The zero-order chi connectivity index (χ0) is 19.2. The average Bonchev–Trinajstić information content (AvgIpc) is 3.30. The van der Waals surface area contributed by atoms with Crippen molar-refractivity contribution in [3.05, 3.63) is 74.6 Å². The van der Waals surface area contributed by atoms with Crippen LogP contribution in [0.4, 0.5) is 13.2 Å². The van der Waals surface area contributed by atoms with Crippen molar-refractivity contribution in [3.8, 4) is 11.3 Å². The van der Waals surface area contributed by atoms with Gasteiger partial charge in [0.2, 0.25) is 0 Å². The molecule has 4 nitrogen and oxygen atoms in total. The highest BCUT2D eigenvalue weighted by Gasteiger charge is 2.36. The molecule has 0 bridgehead atoms. The third kappa shape index (κ3) is 3.38. The summed E-state index contributed by atoms with van der Waals surface area (Å²) in [5.41, 5.74) is -0.0629. The Bertz CT molecular complexity index is 1090. The third-order valence-corrected chi connectivity index (χ3v) is 5.49. The van der Waals surface area contributed by atoms with Crippen molar-refractivity contribution in [2.45, 2.75) is 12.3 Å². The van der Waals surface area contributed by atoms with Crippen LogP contribution in [0.3, 0.4) is 0 Å². The molecule has 0 aliphatic heterocycles. The van der Waals surface area contributed by atoms with Gasteiger partial charge in [-0.15, -0.1) is 11.3 Å². The Morgan fingerprint density at radius 2 is 1.89 bits per heavy atom. The molecule has 3 aromatic heterocycles. The van der Waals surface area contributed by atoms with Crippen LogP contribution in [0, 0.1) is 0 Å². The summed E-state index contributed by atoms with van der Waals surface area (Å²) >= 11 is 4.61. The summed E-state index contributed by atoms with van der Waals surface area (Å²) in [5.74, 6) is 0. The van der Waals surface area contributed by atoms with E-state index in [4.69, 9.17) is 0 Å². The molecular weight excluding hydrogens is 443 g/mol. The minimum absolute atomic E-state index is 0.0244. The van der Waals surface area contributed by atoms with Crippen LogP contribution < -0.4 is 0 Å². The smallest absolute Gasteiger partial charge is 0.383 e. The molecule has 138 valence electrons. The summed E-state index contributed by atoms with van der Waals surface area (Å²) in [6.07, 6.45) is -4.49. The Morgan fingerprint density at radius 3 is 2.52 bits per heavy atom. The molecule has 0 aliphatic carbocycles. The van der Waals surface area contributed by atoms with E-state index in [0.29, 0.717) is 10.4 Å². The van der Waals surface area contributed by atoms with Crippen molar-refractivity contribution in [1.82, 2.24) is 14.6 Å². The number of rotatable bonds is 3. The number of fused-ring (bicyclic) bond motifs is 1. The van der Waals surface area contributed by atoms with Gasteiger partial charge in [-0.1, -0.05) is 34.1 Å². The van der Waals surface area contributed by atoms with E-state index in [1.807, 2.05) is 0 Å². The van der Waals surface area contributed by atoms with Gasteiger partial charge >= 0.3 is 6.18 Å². The molecule has 9 heteroatoms. The third-order valence-electron chi connectivity index (χ3n) is 4.04. The SMILES string of the molecule is OC(c1cccs1)c1cnn2c(C(F)(F)F)cc(-c3ccc(Br)cc3)nc12. The first-order valence-corrected chi connectivity index (χ1v) is 9.45. The van der Waals surface area contributed by atoms with Crippen LogP contribution in [-0.2, 0) is 6.18 Å². The van der Waals surface area contributed by atoms with Gasteiger partial charge in [-0.25, -0.2) is 9.50 Å². The number of nitrogens with zero attached hydrogens (tertiary/aromatic N) is 3. The summed E-state index contributed by atoms with van der Waals surface area (Å²) < 4.78 is 42.4. The number of alkyl halides is 3. The molecule has 1 unspecified atom stereocenters.